The quantitative estimate of drug-likeness (QED) is 0.836. The molecule has 0 aliphatic rings. The van der Waals surface area contributed by atoms with Gasteiger partial charge in [0.05, 0.1) is 31.3 Å². The van der Waals surface area contributed by atoms with E-state index in [0.717, 1.165) is 18.5 Å². The van der Waals surface area contributed by atoms with E-state index in [1.54, 1.807) is 4.68 Å². The van der Waals surface area contributed by atoms with Gasteiger partial charge in [-0.2, -0.15) is 10.4 Å². The number of halogens is 1. The molecule has 0 atom stereocenters. The lowest BCUT2D eigenvalue weighted by molar-refractivity contribution is 0.280. The van der Waals surface area contributed by atoms with Crippen LogP contribution in [0.4, 0.5) is 0 Å². The van der Waals surface area contributed by atoms with Gasteiger partial charge >= 0.3 is 0 Å². The molecule has 15 heavy (non-hydrogen) atoms. The van der Waals surface area contributed by atoms with Gasteiger partial charge < -0.3 is 5.11 Å². The normalized spacial score (nSPS) is 10.3. The summed E-state index contributed by atoms with van der Waals surface area (Å²) in [4.78, 5) is 0. The third-order valence-corrected chi connectivity index (χ3v) is 2.57. The van der Waals surface area contributed by atoms with E-state index in [4.69, 9.17) is 22.0 Å². The monoisotopic (exact) mass is 227 g/mol. The number of nitrogens with zero attached hydrogens (tertiary/aromatic N) is 3. The summed E-state index contributed by atoms with van der Waals surface area (Å²) in [6.07, 6.45) is 2.13. The molecule has 0 saturated heterocycles. The molecule has 0 radical (unpaired) electrons. The summed E-state index contributed by atoms with van der Waals surface area (Å²) in [5.41, 5.74) is 1.53. The van der Waals surface area contributed by atoms with E-state index < -0.39 is 0 Å². The van der Waals surface area contributed by atoms with Crippen LogP contribution in [0.5, 0.6) is 0 Å². The number of hydrogen-bond acceptors (Lipinski definition) is 3. The van der Waals surface area contributed by atoms with Crippen LogP contribution in [0.2, 0.25) is 5.15 Å². The third kappa shape index (κ3) is 2.71. The Kier molecular flexibility index (Phi) is 4.60. The van der Waals surface area contributed by atoms with Crippen LogP contribution in [-0.4, -0.2) is 14.9 Å². The summed E-state index contributed by atoms with van der Waals surface area (Å²) in [7, 11) is 0. The predicted molar refractivity (Wildman–Crippen MR) is 57.4 cm³/mol. The molecule has 0 amide bonds. The van der Waals surface area contributed by atoms with Gasteiger partial charge in [-0.1, -0.05) is 24.9 Å². The first-order valence-electron chi connectivity index (χ1n) is 4.96. The Balaban J connectivity index is 2.93. The van der Waals surface area contributed by atoms with Crippen LogP contribution in [0.25, 0.3) is 0 Å². The molecule has 0 aromatic carbocycles. The molecular formula is C10H14ClN3O. The summed E-state index contributed by atoms with van der Waals surface area (Å²) < 4.78 is 1.58. The third-order valence-electron chi connectivity index (χ3n) is 2.15. The fourth-order valence-corrected chi connectivity index (χ4v) is 1.71. The zero-order valence-corrected chi connectivity index (χ0v) is 9.46. The van der Waals surface area contributed by atoms with Crippen LogP contribution >= 0.6 is 11.6 Å². The van der Waals surface area contributed by atoms with Gasteiger partial charge in [0.15, 0.2) is 0 Å². The van der Waals surface area contributed by atoms with Crippen molar-refractivity contribution in [1.82, 2.24) is 9.78 Å². The van der Waals surface area contributed by atoms with Crippen molar-refractivity contribution in [3.05, 3.63) is 16.4 Å². The number of rotatable bonds is 5. The lowest BCUT2D eigenvalue weighted by Gasteiger charge is -1.98. The molecule has 1 rings (SSSR count). The summed E-state index contributed by atoms with van der Waals surface area (Å²) in [5.74, 6) is 0. The van der Waals surface area contributed by atoms with Gasteiger partial charge in [0.25, 0.3) is 0 Å². The average Bonchev–Trinajstić information content (AvgIpc) is 2.52. The zero-order valence-electron chi connectivity index (χ0n) is 8.70. The van der Waals surface area contributed by atoms with Crippen LogP contribution in [0.3, 0.4) is 0 Å². The van der Waals surface area contributed by atoms with Crippen molar-refractivity contribution < 1.29 is 5.11 Å². The van der Waals surface area contributed by atoms with Gasteiger partial charge in [0, 0.05) is 5.56 Å². The summed E-state index contributed by atoms with van der Waals surface area (Å²) >= 11 is 6.03. The van der Waals surface area contributed by atoms with Crippen molar-refractivity contribution in [1.29, 1.82) is 5.26 Å². The molecule has 0 aliphatic carbocycles. The highest BCUT2D eigenvalue weighted by atomic mass is 35.5. The molecule has 0 saturated carbocycles. The number of aliphatic hydroxyl groups is 1. The molecule has 1 aromatic rings. The Morgan fingerprint density at radius 3 is 2.87 bits per heavy atom. The topological polar surface area (TPSA) is 61.8 Å². The molecule has 0 fully saturated rings. The Hall–Kier alpha value is -1.05. The fraction of sp³-hybridized carbons (Fsp3) is 0.600. The highest BCUT2D eigenvalue weighted by molar-refractivity contribution is 6.30. The Morgan fingerprint density at radius 2 is 2.33 bits per heavy atom. The molecule has 5 heteroatoms. The van der Waals surface area contributed by atoms with Crippen molar-refractivity contribution in [3.8, 4) is 6.07 Å². The Labute approximate surface area is 94.1 Å². The Bertz CT molecular complexity index is 367. The first kappa shape index (κ1) is 12.0. The van der Waals surface area contributed by atoms with Gasteiger partial charge in [-0.15, -0.1) is 0 Å². The maximum atomic E-state index is 9.16. The van der Waals surface area contributed by atoms with Crippen LogP contribution in [0, 0.1) is 11.3 Å². The first-order chi connectivity index (χ1) is 7.24. The first-order valence-corrected chi connectivity index (χ1v) is 5.34. The van der Waals surface area contributed by atoms with E-state index in [9.17, 15) is 0 Å². The van der Waals surface area contributed by atoms with Gasteiger partial charge in [-0.3, -0.25) is 4.68 Å². The van der Waals surface area contributed by atoms with E-state index in [-0.39, 0.29) is 6.61 Å². The molecule has 82 valence electrons. The minimum absolute atomic E-state index is 0.0965. The van der Waals surface area contributed by atoms with Crippen LogP contribution < -0.4 is 0 Å². The maximum Gasteiger partial charge on any atom is 0.132 e. The van der Waals surface area contributed by atoms with Crippen LogP contribution in [-0.2, 0) is 19.6 Å². The second kappa shape index (κ2) is 5.74. The number of aromatic nitrogens is 2. The van der Waals surface area contributed by atoms with Crippen LogP contribution in [0.15, 0.2) is 0 Å². The summed E-state index contributed by atoms with van der Waals surface area (Å²) in [5, 5.41) is 22.4. The van der Waals surface area contributed by atoms with Gasteiger partial charge in [-0.05, 0) is 6.42 Å². The number of aliphatic hydroxyl groups excluding tert-OH is 1. The lowest BCUT2D eigenvalue weighted by atomic mass is 10.2. The number of aryl methyl sites for hydroxylation is 2. The predicted octanol–water partition coefficient (Wildman–Crippen LogP) is 1.89. The second-order valence-corrected chi connectivity index (χ2v) is 3.61. The SMILES string of the molecule is CCCc1nn(CCC#N)c(Cl)c1CO. The lowest BCUT2D eigenvalue weighted by Crippen LogP contribution is -2.00. The molecule has 1 N–H and O–H groups in total. The molecule has 0 unspecified atom stereocenters. The standard InChI is InChI=1S/C10H14ClN3O/c1-2-4-9-8(7-15)10(11)14(13-9)6-3-5-12/h15H,2-4,6-7H2,1H3. The summed E-state index contributed by atoms with van der Waals surface area (Å²) in [6.45, 7) is 2.43. The second-order valence-electron chi connectivity index (χ2n) is 3.26. The van der Waals surface area contributed by atoms with Crippen molar-refractivity contribution in [2.45, 2.75) is 39.3 Å². The number of hydrogen-bond donors (Lipinski definition) is 1. The molecular weight excluding hydrogens is 214 g/mol. The van der Waals surface area contributed by atoms with Gasteiger partial charge in [0.2, 0.25) is 0 Å². The molecule has 0 bridgehead atoms. The van der Waals surface area contributed by atoms with E-state index >= 15 is 0 Å². The van der Waals surface area contributed by atoms with E-state index in [2.05, 4.69) is 5.10 Å². The van der Waals surface area contributed by atoms with Gasteiger partial charge in [0.1, 0.15) is 5.15 Å². The van der Waals surface area contributed by atoms with E-state index in [1.165, 1.54) is 0 Å². The maximum absolute atomic E-state index is 9.16. The minimum Gasteiger partial charge on any atom is -0.391 e. The molecule has 1 heterocycles. The highest BCUT2D eigenvalue weighted by Crippen LogP contribution is 2.21. The largest absolute Gasteiger partial charge is 0.391 e. The minimum atomic E-state index is -0.0965. The molecule has 4 nitrogen and oxygen atoms in total. The van der Waals surface area contributed by atoms with Crippen molar-refractivity contribution in [3.63, 3.8) is 0 Å². The molecule has 1 aromatic heterocycles. The summed E-state index contributed by atoms with van der Waals surface area (Å²) in [6, 6.07) is 2.04. The fourth-order valence-electron chi connectivity index (χ4n) is 1.42. The highest BCUT2D eigenvalue weighted by Gasteiger charge is 2.14. The molecule has 0 spiro atoms. The zero-order chi connectivity index (χ0) is 11.3. The van der Waals surface area contributed by atoms with E-state index in [0.29, 0.717) is 23.7 Å². The van der Waals surface area contributed by atoms with E-state index in [1.807, 2.05) is 13.0 Å². The number of nitriles is 1. The average molecular weight is 228 g/mol. The van der Waals surface area contributed by atoms with Crippen molar-refractivity contribution >= 4 is 11.6 Å². The molecule has 0 aliphatic heterocycles. The smallest absolute Gasteiger partial charge is 0.132 e. The Morgan fingerprint density at radius 1 is 1.60 bits per heavy atom. The van der Waals surface area contributed by atoms with Crippen LogP contribution in [0.1, 0.15) is 31.0 Å². The van der Waals surface area contributed by atoms with Crippen molar-refractivity contribution in [2.75, 3.05) is 0 Å². The van der Waals surface area contributed by atoms with Crippen molar-refractivity contribution in [2.24, 2.45) is 0 Å². The van der Waals surface area contributed by atoms with Gasteiger partial charge in [-0.25, -0.2) is 0 Å².